The van der Waals surface area contributed by atoms with E-state index < -0.39 is 0 Å². The van der Waals surface area contributed by atoms with E-state index in [1.54, 1.807) is 14.2 Å². The number of alkyl halides is 1. The first-order valence-corrected chi connectivity index (χ1v) is 8.00. The van der Waals surface area contributed by atoms with E-state index in [2.05, 4.69) is 31.9 Å². The van der Waals surface area contributed by atoms with Crippen molar-refractivity contribution in [3.63, 3.8) is 0 Å². The van der Waals surface area contributed by atoms with Crippen LogP contribution >= 0.6 is 31.9 Å². The summed E-state index contributed by atoms with van der Waals surface area (Å²) in [7, 11) is 3.19. The monoisotopic (exact) mass is 416 g/mol. The van der Waals surface area contributed by atoms with Gasteiger partial charge in [0.05, 0.1) is 19.0 Å². The molecule has 0 aromatic heterocycles. The number of rotatable bonds is 4. The minimum absolute atomic E-state index is 0.177. The summed E-state index contributed by atoms with van der Waals surface area (Å²) in [5.74, 6) is 1.10. The molecule has 0 aliphatic carbocycles. The minimum atomic E-state index is -0.249. The molecule has 0 bridgehead atoms. The maximum atomic E-state index is 13.6. The Hall–Kier alpha value is -1.07. The molecule has 0 aliphatic heterocycles. The second kappa shape index (κ2) is 6.79. The van der Waals surface area contributed by atoms with E-state index in [4.69, 9.17) is 9.47 Å². The topological polar surface area (TPSA) is 18.5 Å². The predicted octanol–water partition coefficient (Wildman–Crippen LogP) is 5.40. The molecule has 1 unspecified atom stereocenters. The van der Waals surface area contributed by atoms with Crippen molar-refractivity contribution >= 4 is 31.9 Å². The SMILES string of the molecule is COc1ccc(C(Br)c2cc(C)cc(F)c2)c(OC)c1Br. The van der Waals surface area contributed by atoms with E-state index in [0.29, 0.717) is 11.5 Å². The van der Waals surface area contributed by atoms with Crippen LogP contribution in [-0.4, -0.2) is 14.2 Å². The molecule has 0 aliphatic rings. The van der Waals surface area contributed by atoms with Gasteiger partial charge in [0, 0.05) is 5.56 Å². The Morgan fingerprint density at radius 1 is 1.10 bits per heavy atom. The lowest BCUT2D eigenvalue weighted by Gasteiger charge is -2.18. The van der Waals surface area contributed by atoms with Crippen molar-refractivity contribution in [3.05, 3.63) is 57.3 Å². The highest BCUT2D eigenvalue weighted by Gasteiger charge is 2.20. The lowest BCUT2D eigenvalue weighted by molar-refractivity contribution is 0.386. The predicted molar refractivity (Wildman–Crippen MR) is 89.2 cm³/mol. The summed E-state index contributed by atoms with van der Waals surface area (Å²) >= 11 is 7.10. The van der Waals surface area contributed by atoms with Crippen LogP contribution < -0.4 is 9.47 Å². The standard InChI is InChI=1S/C16H15Br2FO2/c1-9-6-10(8-11(19)7-9)14(17)12-4-5-13(20-2)15(18)16(12)21-3/h4-8,14H,1-3H3. The Kier molecular flexibility index (Phi) is 5.27. The van der Waals surface area contributed by atoms with Crippen molar-refractivity contribution in [1.82, 2.24) is 0 Å². The summed E-state index contributed by atoms with van der Waals surface area (Å²) in [6.07, 6.45) is 0. The lowest BCUT2D eigenvalue weighted by atomic mass is 10.0. The normalized spacial score (nSPS) is 12.1. The highest BCUT2D eigenvalue weighted by Crippen LogP contribution is 2.44. The van der Waals surface area contributed by atoms with Crippen molar-refractivity contribution in [2.24, 2.45) is 0 Å². The van der Waals surface area contributed by atoms with Gasteiger partial charge in [0.2, 0.25) is 0 Å². The lowest BCUT2D eigenvalue weighted by Crippen LogP contribution is -2.00. The van der Waals surface area contributed by atoms with Crippen molar-refractivity contribution < 1.29 is 13.9 Å². The molecule has 2 aromatic rings. The molecule has 0 heterocycles. The van der Waals surface area contributed by atoms with Crippen LogP contribution in [0, 0.1) is 12.7 Å². The molecule has 0 saturated carbocycles. The number of aryl methyl sites for hydroxylation is 1. The number of hydrogen-bond donors (Lipinski definition) is 0. The van der Waals surface area contributed by atoms with Crippen molar-refractivity contribution in [1.29, 1.82) is 0 Å². The van der Waals surface area contributed by atoms with Gasteiger partial charge in [-0.25, -0.2) is 4.39 Å². The Balaban J connectivity index is 2.52. The fourth-order valence-electron chi connectivity index (χ4n) is 2.21. The molecule has 0 saturated heterocycles. The molecular formula is C16H15Br2FO2. The molecular weight excluding hydrogens is 403 g/mol. The number of hydrogen-bond acceptors (Lipinski definition) is 2. The van der Waals surface area contributed by atoms with Gasteiger partial charge >= 0.3 is 0 Å². The van der Waals surface area contributed by atoms with Gasteiger partial charge in [0.1, 0.15) is 21.8 Å². The summed E-state index contributed by atoms with van der Waals surface area (Å²) in [5.41, 5.74) is 2.61. The largest absolute Gasteiger partial charge is 0.495 e. The fraction of sp³-hybridized carbons (Fsp3) is 0.250. The molecule has 0 spiro atoms. The van der Waals surface area contributed by atoms with Gasteiger partial charge in [-0.15, -0.1) is 0 Å². The molecule has 2 nitrogen and oxygen atoms in total. The maximum absolute atomic E-state index is 13.6. The summed E-state index contributed by atoms with van der Waals surface area (Å²) in [5, 5.41) is 0. The Labute approximate surface area is 140 Å². The van der Waals surface area contributed by atoms with Crippen LogP contribution in [0.2, 0.25) is 0 Å². The zero-order valence-corrected chi connectivity index (χ0v) is 15.1. The van der Waals surface area contributed by atoms with Crippen LogP contribution in [0.1, 0.15) is 21.5 Å². The van der Waals surface area contributed by atoms with Crippen LogP contribution in [0.25, 0.3) is 0 Å². The molecule has 0 amide bonds. The Morgan fingerprint density at radius 3 is 2.38 bits per heavy atom. The third kappa shape index (κ3) is 3.40. The molecule has 1 atom stereocenters. The van der Waals surface area contributed by atoms with Crippen LogP contribution in [0.15, 0.2) is 34.8 Å². The first-order valence-electron chi connectivity index (χ1n) is 6.29. The van der Waals surface area contributed by atoms with Gasteiger partial charge in [-0.3, -0.25) is 0 Å². The van der Waals surface area contributed by atoms with Gasteiger partial charge in [-0.05, 0) is 52.2 Å². The number of halogens is 3. The fourth-order valence-corrected chi connectivity index (χ4v) is 3.52. The molecule has 2 rings (SSSR count). The summed E-state index contributed by atoms with van der Waals surface area (Å²) < 4.78 is 25.1. The molecule has 5 heteroatoms. The van der Waals surface area contributed by atoms with Gasteiger partial charge in [0.15, 0.2) is 0 Å². The number of benzene rings is 2. The summed E-state index contributed by atoms with van der Waals surface area (Å²) in [6.45, 7) is 1.87. The second-order valence-electron chi connectivity index (χ2n) is 4.63. The molecule has 2 aromatic carbocycles. The van der Waals surface area contributed by atoms with Crippen LogP contribution in [0.4, 0.5) is 4.39 Å². The first kappa shape index (κ1) is 16.3. The zero-order chi connectivity index (χ0) is 15.6. The molecule has 0 fully saturated rings. The second-order valence-corrected chi connectivity index (χ2v) is 6.34. The van der Waals surface area contributed by atoms with Gasteiger partial charge < -0.3 is 9.47 Å². The quantitative estimate of drug-likeness (QED) is 0.620. The van der Waals surface area contributed by atoms with E-state index in [1.165, 1.54) is 12.1 Å². The van der Waals surface area contributed by atoms with E-state index in [-0.39, 0.29) is 10.6 Å². The van der Waals surface area contributed by atoms with Gasteiger partial charge in [-0.1, -0.05) is 28.1 Å². The van der Waals surface area contributed by atoms with Crippen molar-refractivity contribution in [2.45, 2.75) is 11.8 Å². The molecule has 112 valence electrons. The zero-order valence-electron chi connectivity index (χ0n) is 11.9. The third-order valence-corrected chi connectivity index (χ3v) is 4.92. The minimum Gasteiger partial charge on any atom is -0.495 e. The third-order valence-electron chi connectivity index (χ3n) is 3.15. The average molecular weight is 418 g/mol. The van der Waals surface area contributed by atoms with Crippen LogP contribution in [0.3, 0.4) is 0 Å². The first-order chi connectivity index (χ1) is 9.97. The van der Waals surface area contributed by atoms with E-state index in [9.17, 15) is 4.39 Å². The Bertz CT molecular complexity index is 639. The number of ether oxygens (including phenoxy) is 2. The van der Waals surface area contributed by atoms with Crippen molar-refractivity contribution in [2.75, 3.05) is 14.2 Å². The van der Waals surface area contributed by atoms with Crippen LogP contribution in [-0.2, 0) is 0 Å². The highest BCUT2D eigenvalue weighted by molar-refractivity contribution is 9.10. The maximum Gasteiger partial charge on any atom is 0.141 e. The molecule has 0 N–H and O–H groups in total. The van der Waals surface area contributed by atoms with Gasteiger partial charge in [0.25, 0.3) is 0 Å². The average Bonchev–Trinajstić information content (AvgIpc) is 2.45. The summed E-state index contributed by atoms with van der Waals surface area (Å²) in [6, 6.07) is 8.72. The van der Waals surface area contributed by atoms with Crippen LogP contribution in [0.5, 0.6) is 11.5 Å². The van der Waals surface area contributed by atoms with E-state index in [1.807, 2.05) is 25.1 Å². The van der Waals surface area contributed by atoms with Crippen molar-refractivity contribution in [3.8, 4) is 11.5 Å². The highest BCUT2D eigenvalue weighted by atomic mass is 79.9. The Morgan fingerprint density at radius 2 is 1.81 bits per heavy atom. The molecule has 0 radical (unpaired) electrons. The van der Waals surface area contributed by atoms with E-state index in [0.717, 1.165) is 21.2 Å². The smallest absolute Gasteiger partial charge is 0.141 e. The summed E-state index contributed by atoms with van der Waals surface area (Å²) in [4.78, 5) is -0.177. The number of methoxy groups -OCH3 is 2. The molecule has 21 heavy (non-hydrogen) atoms. The van der Waals surface area contributed by atoms with E-state index >= 15 is 0 Å². The van der Waals surface area contributed by atoms with Gasteiger partial charge in [-0.2, -0.15) is 0 Å².